The highest BCUT2D eigenvalue weighted by molar-refractivity contribution is 7.89. The van der Waals surface area contributed by atoms with Crippen LogP contribution in [0.2, 0.25) is 0 Å². The molecule has 0 radical (unpaired) electrons. The van der Waals surface area contributed by atoms with Crippen LogP contribution in [0.1, 0.15) is 42.9 Å². The van der Waals surface area contributed by atoms with Crippen LogP contribution in [0.5, 0.6) is 0 Å². The third-order valence-corrected chi connectivity index (χ3v) is 7.32. The van der Waals surface area contributed by atoms with Crippen LogP contribution < -0.4 is 10.6 Å². The highest BCUT2D eigenvalue weighted by atomic mass is 32.2. The molecule has 1 aromatic heterocycles. The van der Waals surface area contributed by atoms with Gasteiger partial charge in [-0.3, -0.25) is 0 Å². The van der Waals surface area contributed by atoms with E-state index in [0.29, 0.717) is 18.8 Å². The number of hydrogen-bond donors (Lipinski definition) is 2. The van der Waals surface area contributed by atoms with Gasteiger partial charge in [0.25, 0.3) is 0 Å². The Bertz CT molecular complexity index is 1200. The molecule has 0 fully saturated rings. The molecule has 0 saturated heterocycles. The van der Waals surface area contributed by atoms with Crippen LogP contribution in [0.25, 0.3) is 0 Å². The van der Waals surface area contributed by atoms with E-state index in [1.54, 1.807) is 32.9 Å². The number of nitrogens with zero attached hydrogens (tertiary/aromatic N) is 1. The second kappa shape index (κ2) is 11.2. The molecule has 1 atom stereocenters. The van der Waals surface area contributed by atoms with Gasteiger partial charge in [0, 0.05) is 13.1 Å². The minimum Gasteiger partial charge on any atom is -0.467 e. The summed E-state index contributed by atoms with van der Waals surface area (Å²) in [6.45, 7) is 5.41. The zero-order chi connectivity index (χ0) is 25.6. The van der Waals surface area contributed by atoms with E-state index in [0.717, 1.165) is 0 Å². The Balaban J connectivity index is 1.82. The van der Waals surface area contributed by atoms with Crippen molar-refractivity contribution in [3.05, 3.63) is 65.3 Å². The third kappa shape index (κ3) is 5.72. The van der Waals surface area contributed by atoms with Crippen LogP contribution >= 0.6 is 0 Å². The van der Waals surface area contributed by atoms with Gasteiger partial charge >= 0.3 is 18.0 Å². The number of rotatable bonds is 10. The fraction of sp³-hybridized carbons (Fsp3) is 0.348. The van der Waals surface area contributed by atoms with E-state index < -0.39 is 40.6 Å². The number of esters is 2. The number of amides is 2. The van der Waals surface area contributed by atoms with Gasteiger partial charge in [0.05, 0.1) is 34.6 Å². The third-order valence-electron chi connectivity index (χ3n) is 5.26. The van der Waals surface area contributed by atoms with Gasteiger partial charge in [0.15, 0.2) is 0 Å². The summed E-state index contributed by atoms with van der Waals surface area (Å²) in [4.78, 5) is 37.5. The molecule has 2 N–H and O–H groups in total. The normalized spacial score (nSPS) is 16.0. The zero-order valence-electron chi connectivity index (χ0n) is 19.6. The first-order valence-electron chi connectivity index (χ1n) is 11.0. The van der Waals surface area contributed by atoms with Crippen LogP contribution in [-0.4, -0.2) is 57.0 Å². The van der Waals surface area contributed by atoms with Gasteiger partial charge in [0.1, 0.15) is 18.4 Å². The first-order valence-corrected chi connectivity index (χ1v) is 12.4. The lowest BCUT2D eigenvalue weighted by Gasteiger charge is -2.27. The van der Waals surface area contributed by atoms with E-state index >= 15 is 0 Å². The predicted octanol–water partition coefficient (Wildman–Crippen LogP) is 2.34. The van der Waals surface area contributed by atoms with E-state index in [1.807, 2.05) is 0 Å². The van der Waals surface area contributed by atoms with Crippen molar-refractivity contribution in [2.75, 3.05) is 26.3 Å². The summed E-state index contributed by atoms with van der Waals surface area (Å²) in [6.07, 6.45) is 1.40. The lowest BCUT2D eigenvalue weighted by atomic mass is 10.0. The average Bonchev–Trinajstić information content (AvgIpc) is 3.38. The Morgan fingerprint density at radius 2 is 1.71 bits per heavy atom. The van der Waals surface area contributed by atoms with Crippen LogP contribution in [0.3, 0.4) is 0 Å². The Morgan fingerprint density at radius 3 is 2.29 bits per heavy atom. The van der Waals surface area contributed by atoms with Gasteiger partial charge in [0.2, 0.25) is 10.0 Å². The molecule has 188 valence electrons. The zero-order valence-corrected chi connectivity index (χ0v) is 20.4. The number of carbonyl (C=O) groups excluding carboxylic acids is 3. The minimum absolute atomic E-state index is 0.0369. The molecule has 0 aliphatic carbocycles. The minimum atomic E-state index is -3.67. The summed E-state index contributed by atoms with van der Waals surface area (Å²) < 4.78 is 42.3. The number of urea groups is 1. The summed E-state index contributed by atoms with van der Waals surface area (Å²) in [7, 11) is -3.67. The molecule has 35 heavy (non-hydrogen) atoms. The lowest BCUT2D eigenvalue weighted by molar-refractivity contribution is -0.139. The fourth-order valence-corrected chi connectivity index (χ4v) is 5.01. The molecule has 1 aliphatic heterocycles. The Morgan fingerprint density at radius 1 is 1.03 bits per heavy atom. The lowest BCUT2D eigenvalue weighted by Crippen LogP contribution is -2.47. The second-order valence-corrected chi connectivity index (χ2v) is 9.29. The first-order chi connectivity index (χ1) is 16.7. The molecule has 0 saturated carbocycles. The molecule has 12 heteroatoms. The first kappa shape index (κ1) is 26.0. The van der Waals surface area contributed by atoms with Gasteiger partial charge in [-0.05, 0) is 43.3 Å². The number of sulfonamides is 1. The van der Waals surface area contributed by atoms with Crippen molar-refractivity contribution in [1.29, 1.82) is 0 Å². The van der Waals surface area contributed by atoms with E-state index in [-0.39, 0.29) is 28.3 Å². The Hall–Kier alpha value is -3.64. The number of carbonyl (C=O) groups is 3. The van der Waals surface area contributed by atoms with E-state index in [2.05, 4.69) is 10.6 Å². The van der Waals surface area contributed by atoms with Crippen LogP contribution in [0.15, 0.2) is 63.2 Å². The molecular formula is C23H27N3O8S. The van der Waals surface area contributed by atoms with Crippen LogP contribution in [-0.2, 0) is 24.3 Å². The second-order valence-electron chi connectivity index (χ2n) is 7.35. The van der Waals surface area contributed by atoms with E-state index in [1.165, 1.54) is 34.8 Å². The molecule has 0 bridgehead atoms. The highest BCUT2D eigenvalue weighted by Crippen LogP contribution is 2.28. The number of hydrogen-bond acceptors (Lipinski definition) is 8. The Labute approximate surface area is 203 Å². The highest BCUT2D eigenvalue weighted by Gasteiger charge is 2.35. The number of furan rings is 1. The van der Waals surface area contributed by atoms with Crippen molar-refractivity contribution in [3.63, 3.8) is 0 Å². The molecular weight excluding hydrogens is 478 g/mol. The van der Waals surface area contributed by atoms with Crippen molar-refractivity contribution in [3.8, 4) is 0 Å². The SMILES string of the molecule is CCOC(=O)C1=C(COC(=O)c2ccc(S(=O)(=O)N(CC)CC)cc2)NC(=O)NC1c1ccco1. The summed E-state index contributed by atoms with van der Waals surface area (Å²) in [5, 5.41) is 5.08. The van der Waals surface area contributed by atoms with Gasteiger partial charge in [-0.1, -0.05) is 13.8 Å². The van der Waals surface area contributed by atoms with E-state index in [9.17, 15) is 22.8 Å². The molecule has 2 amide bonds. The maximum absolute atomic E-state index is 12.7. The molecule has 2 heterocycles. The van der Waals surface area contributed by atoms with Crippen molar-refractivity contribution in [2.45, 2.75) is 31.7 Å². The Kier molecular flexibility index (Phi) is 8.30. The van der Waals surface area contributed by atoms with Gasteiger partial charge in [-0.2, -0.15) is 4.31 Å². The van der Waals surface area contributed by atoms with E-state index in [4.69, 9.17) is 13.9 Å². The topological polar surface area (TPSA) is 144 Å². The maximum atomic E-state index is 12.7. The molecule has 11 nitrogen and oxygen atoms in total. The standard InChI is InChI=1S/C23H27N3O8S/c1-4-26(5-2)35(30,31)16-11-9-15(10-12-16)21(27)34-14-17-19(22(28)32-6-3)20(25-23(29)24-17)18-8-7-13-33-18/h7-13,20H,4-6,14H2,1-3H3,(H2,24,25,29). The maximum Gasteiger partial charge on any atom is 0.338 e. The molecule has 1 aliphatic rings. The summed E-state index contributed by atoms with van der Waals surface area (Å²) in [5.41, 5.74) is 0.183. The molecule has 0 spiro atoms. The van der Waals surface area contributed by atoms with Crippen molar-refractivity contribution in [1.82, 2.24) is 14.9 Å². The molecule has 3 rings (SSSR count). The summed E-state index contributed by atoms with van der Waals surface area (Å²) >= 11 is 0. The van der Waals surface area contributed by atoms with Crippen LogP contribution in [0.4, 0.5) is 4.79 Å². The smallest absolute Gasteiger partial charge is 0.338 e. The van der Waals surface area contributed by atoms with Gasteiger partial charge in [-0.15, -0.1) is 0 Å². The number of nitrogens with one attached hydrogen (secondary N) is 2. The largest absolute Gasteiger partial charge is 0.467 e. The van der Waals surface area contributed by atoms with Gasteiger partial charge < -0.3 is 24.5 Å². The molecule has 2 aromatic rings. The molecule has 1 aromatic carbocycles. The quantitative estimate of drug-likeness (QED) is 0.468. The fourth-order valence-electron chi connectivity index (χ4n) is 3.55. The van der Waals surface area contributed by atoms with Crippen molar-refractivity contribution < 1.29 is 36.7 Å². The summed E-state index contributed by atoms with van der Waals surface area (Å²) in [5.74, 6) is -1.18. The van der Waals surface area contributed by atoms with Crippen LogP contribution in [0, 0.1) is 0 Å². The average molecular weight is 506 g/mol. The van der Waals surface area contributed by atoms with Gasteiger partial charge in [-0.25, -0.2) is 22.8 Å². The number of ether oxygens (including phenoxy) is 2. The molecule has 1 unspecified atom stereocenters. The van der Waals surface area contributed by atoms with Crippen molar-refractivity contribution >= 4 is 28.0 Å². The monoisotopic (exact) mass is 505 g/mol. The van der Waals surface area contributed by atoms with Crippen molar-refractivity contribution in [2.24, 2.45) is 0 Å². The summed E-state index contributed by atoms with van der Waals surface area (Å²) in [6, 6.07) is 6.98. The number of benzene rings is 1. The predicted molar refractivity (Wildman–Crippen MR) is 124 cm³/mol.